The lowest BCUT2D eigenvalue weighted by atomic mass is 10.0. The van der Waals surface area contributed by atoms with E-state index in [1.807, 2.05) is 79.7 Å². The molecular weight excluding hydrogens is 504 g/mol. The van der Waals surface area contributed by atoms with E-state index in [1.54, 1.807) is 16.7 Å². The van der Waals surface area contributed by atoms with Crippen molar-refractivity contribution in [3.05, 3.63) is 108 Å². The third kappa shape index (κ3) is 5.33. The van der Waals surface area contributed by atoms with Crippen LogP contribution in [0.1, 0.15) is 43.8 Å². The Morgan fingerprint density at radius 1 is 0.950 bits per heavy atom. The van der Waals surface area contributed by atoms with Crippen LogP contribution >= 0.6 is 0 Å². The van der Waals surface area contributed by atoms with Gasteiger partial charge in [-0.2, -0.15) is 0 Å². The number of fused-ring (bicyclic) bond motifs is 1. The van der Waals surface area contributed by atoms with Crippen molar-refractivity contribution < 1.29 is 19.1 Å². The predicted molar refractivity (Wildman–Crippen MR) is 153 cm³/mol. The standard InChI is InChI=1S/C32H30N4O4/c1-4-18-40-32(39)27-22(3)33-29(24-11-6-5-7-12-24)34-28(27)31(38)35-16-17-36(21(2)20-35)30(37)26-15-14-23-10-8-9-13-25(23)19-26/h4-15,19,21H,1,16-18,20H2,2-3H3. The molecule has 0 saturated carbocycles. The van der Waals surface area contributed by atoms with E-state index < -0.39 is 11.9 Å². The summed E-state index contributed by atoms with van der Waals surface area (Å²) >= 11 is 0. The molecule has 1 fully saturated rings. The highest BCUT2D eigenvalue weighted by Crippen LogP contribution is 2.24. The molecule has 40 heavy (non-hydrogen) atoms. The maximum Gasteiger partial charge on any atom is 0.342 e. The smallest absolute Gasteiger partial charge is 0.342 e. The number of carbonyl (C=O) groups excluding carboxylic acids is 3. The maximum absolute atomic E-state index is 13.9. The highest BCUT2D eigenvalue weighted by atomic mass is 16.5. The Hall–Kier alpha value is -4.85. The monoisotopic (exact) mass is 534 g/mol. The Morgan fingerprint density at radius 2 is 1.68 bits per heavy atom. The number of hydrogen-bond acceptors (Lipinski definition) is 6. The van der Waals surface area contributed by atoms with Gasteiger partial charge in [-0.3, -0.25) is 9.59 Å². The number of aromatic nitrogens is 2. The van der Waals surface area contributed by atoms with Crippen LogP contribution in [0.15, 0.2) is 85.5 Å². The molecule has 1 saturated heterocycles. The number of benzene rings is 3. The summed E-state index contributed by atoms with van der Waals surface area (Å²) in [4.78, 5) is 52.7. The van der Waals surface area contributed by atoms with Crippen LogP contribution in [0.3, 0.4) is 0 Å². The lowest BCUT2D eigenvalue weighted by Gasteiger charge is -2.40. The van der Waals surface area contributed by atoms with Gasteiger partial charge in [-0.15, -0.1) is 0 Å². The zero-order valence-corrected chi connectivity index (χ0v) is 22.5. The molecule has 8 nitrogen and oxygen atoms in total. The summed E-state index contributed by atoms with van der Waals surface area (Å²) in [6.07, 6.45) is 1.46. The Morgan fingerprint density at radius 3 is 2.40 bits per heavy atom. The van der Waals surface area contributed by atoms with Crippen molar-refractivity contribution in [1.82, 2.24) is 19.8 Å². The van der Waals surface area contributed by atoms with Gasteiger partial charge in [-0.1, -0.05) is 73.3 Å². The highest BCUT2D eigenvalue weighted by Gasteiger charge is 2.34. The van der Waals surface area contributed by atoms with Crippen LogP contribution in [0, 0.1) is 6.92 Å². The first-order valence-corrected chi connectivity index (χ1v) is 13.2. The number of rotatable bonds is 6. The molecule has 5 rings (SSSR count). The Bertz CT molecular complexity index is 1600. The Kier molecular flexibility index (Phi) is 7.68. The second-order valence-corrected chi connectivity index (χ2v) is 9.77. The molecule has 8 heteroatoms. The minimum Gasteiger partial charge on any atom is -0.458 e. The summed E-state index contributed by atoms with van der Waals surface area (Å²) in [6.45, 7) is 8.11. The van der Waals surface area contributed by atoms with E-state index in [-0.39, 0.29) is 29.8 Å². The summed E-state index contributed by atoms with van der Waals surface area (Å²) in [5, 5.41) is 2.07. The van der Waals surface area contributed by atoms with E-state index >= 15 is 0 Å². The van der Waals surface area contributed by atoms with Crippen molar-refractivity contribution in [2.24, 2.45) is 0 Å². The van der Waals surface area contributed by atoms with Gasteiger partial charge in [-0.25, -0.2) is 14.8 Å². The van der Waals surface area contributed by atoms with Crippen molar-refractivity contribution >= 4 is 28.6 Å². The predicted octanol–water partition coefficient (Wildman–Crippen LogP) is 4.93. The molecule has 0 bridgehead atoms. The van der Waals surface area contributed by atoms with Gasteiger partial charge in [-0.05, 0) is 36.8 Å². The molecule has 1 aliphatic heterocycles. The topological polar surface area (TPSA) is 92.7 Å². The molecule has 202 valence electrons. The van der Waals surface area contributed by atoms with Crippen LogP contribution in [-0.2, 0) is 4.74 Å². The number of ether oxygens (including phenoxy) is 1. The normalized spacial score (nSPS) is 15.1. The zero-order chi connectivity index (χ0) is 28.2. The van der Waals surface area contributed by atoms with Gasteiger partial charge in [0.05, 0.1) is 5.69 Å². The molecule has 0 N–H and O–H groups in total. The molecule has 0 aliphatic carbocycles. The molecule has 1 aromatic heterocycles. The summed E-state index contributed by atoms with van der Waals surface area (Å²) < 4.78 is 5.27. The van der Waals surface area contributed by atoms with Gasteiger partial charge >= 0.3 is 5.97 Å². The highest BCUT2D eigenvalue weighted by molar-refractivity contribution is 6.05. The second-order valence-electron chi connectivity index (χ2n) is 9.77. The lowest BCUT2D eigenvalue weighted by Crippen LogP contribution is -2.55. The average molecular weight is 535 g/mol. The van der Waals surface area contributed by atoms with Crippen molar-refractivity contribution in [2.45, 2.75) is 19.9 Å². The van der Waals surface area contributed by atoms with Gasteiger partial charge in [0.2, 0.25) is 0 Å². The number of piperazine rings is 1. The average Bonchev–Trinajstić information content (AvgIpc) is 2.98. The number of nitrogens with zero attached hydrogens (tertiary/aromatic N) is 4. The largest absolute Gasteiger partial charge is 0.458 e. The summed E-state index contributed by atoms with van der Waals surface area (Å²) in [5.41, 5.74) is 1.71. The van der Waals surface area contributed by atoms with Gasteiger partial charge in [0.1, 0.15) is 17.9 Å². The van der Waals surface area contributed by atoms with Crippen LogP contribution in [0.25, 0.3) is 22.2 Å². The number of hydrogen-bond donors (Lipinski definition) is 0. The van der Waals surface area contributed by atoms with E-state index in [0.717, 1.165) is 16.3 Å². The summed E-state index contributed by atoms with van der Waals surface area (Å²) in [6, 6.07) is 22.6. The lowest BCUT2D eigenvalue weighted by molar-refractivity contribution is 0.0407. The first-order chi connectivity index (χ1) is 19.4. The molecule has 3 aromatic carbocycles. The molecule has 1 atom stereocenters. The fraction of sp³-hybridized carbons (Fsp3) is 0.219. The molecule has 0 spiro atoms. The number of aryl methyl sites for hydroxylation is 1. The molecule has 2 amide bonds. The maximum atomic E-state index is 13.9. The van der Waals surface area contributed by atoms with Crippen LogP contribution in [0.2, 0.25) is 0 Å². The van der Waals surface area contributed by atoms with Crippen LogP contribution < -0.4 is 0 Å². The van der Waals surface area contributed by atoms with Crippen LogP contribution in [-0.4, -0.2) is 69.8 Å². The molecular formula is C32H30N4O4. The number of esters is 1. The first kappa shape index (κ1) is 26.7. The summed E-state index contributed by atoms with van der Waals surface area (Å²) in [5.74, 6) is -0.820. The minimum absolute atomic E-state index is 0.00106. The number of amides is 2. The molecule has 1 aliphatic rings. The van der Waals surface area contributed by atoms with E-state index in [0.29, 0.717) is 36.7 Å². The third-order valence-electron chi connectivity index (χ3n) is 7.03. The third-order valence-corrected chi connectivity index (χ3v) is 7.03. The second kappa shape index (κ2) is 11.5. The SMILES string of the molecule is C=CCOC(=O)c1c(C)nc(-c2ccccc2)nc1C(=O)N1CCN(C(=O)c2ccc3ccccc3c2)C(C)C1. The van der Waals surface area contributed by atoms with Gasteiger partial charge in [0.15, 0.2) is 5.82 Å². The molecule has 2 heterocycles. The number of carbonyl (C=O) groups is 3. The van der Waals surface area contributed by atoms with Gasteiger partial charge < -0.3 is 14.5 Å². The van der Waals surface area contributed by atoms with E-state index in [2.05, 4.69) is 16.5 Å². The van der Waals surface area contributed by atoms with Crippen LogP contribution in [0.5, 0.6) is 0 Å². The molecule has 1 unspecified atom stereocenters. The van der Waals surface area contributed by atoms with Crippen molar-refractivity contribution in [2.75, 3.05) is 26.2 Å². The Labute approximate surface area is 232 Å². The van der Waals surface area contributed by atoms with Crippen molar-refractivity contribution in [3.8, 4) is 11.4 Å². The van der Waals surface area contributed by atoms with Crippen LogP contribution in [0.4, 0.5) is 0 Å². The summed E-state index contributed by atoms with van der Waals surface area (Å²) in [7, 11) is 0. The zero-order valence-electron chi connectivity index (χ0n) is 22.5. The first-order valence-electron chi connectivity index (χ1n) is 13.2. The van der Waals surface area contributed by atoms with Gasteiger partial charge in [0.25, 0.3) is 11.8 Å². The quantitative estimate of drug-likeness (QED) is 0.257. The van der Waals surface area contributed by atoms with E-state index in [4.69, 9.17) is 4.74 Å². The fourth-order valence-electron chi connectivity index (χ4n) is 4.98. The van der Waals surface area contributed by atoms with Crippen molar-refractivity contribution in [3.63, 3.8) is 0 Å². The molecule has 4 aromatic rings. The van der Waals surface area contributed by atoms with Gasteiger partial charge in [0, 0.05) is 36.8 Å². The van der Waals surface area contributed by atoms with E-state index in [9.17, 15) is 14.4 Å². The molecule has 0 radical (unpaired) electrons. The van der Waals surface area contributed by atoms with E-state index in [1.165, 1.54) is 6.08 Å². The van der Waals surface area contributed by atoms with Crippen molar-refractivity contribution in [1.29, 1.82) is 0 Å². The fourth-order valence-corrected chi connectivity index (χ4v) is 4.98. The Balaban J connectivity index is 1.41. The minimum atomic E-state index is -0.682.